The maximum Gasteiger partial charge on any atom is 0.247 e. The molecule has 3 unspecified atom stereocenters. The third-order valence-electron chi connectivity index (χ3n) is 5.01. The van der Waals surface area contributed by atoms with Crippen molar-refractivity contribution in [2.45, 2.75) is 18.9 Å². The molecular formula is C18H19N3O2. The molecule has 118 valence electrons. The van der Waals surface area contributed by atoms with Crippen LogP contribution in [-0.2, 0) is 9.59 Å². The van der Waals surface area contributed by atoms with Gasteiger partial charge in [-0.15, -0.1) is 0 Å². The number of piperidine rings is 1. The Kier molecular flexibility index (Phi) is 3.13. The van der Waals surface area contributed by atoms with Crippen molar-refractivity contribution in [2.24, 2.45) is 17.6 Å². The van der Waals surface area contributed by atoms with Gasteiger partial charge in [-0.05, 0) is 30.1 Å². The van der Waals surface area contributed by atoms with E-state index in [1.165, 1.54) is 0 Å². The molecule has 23 heavy (non-hydrogen) atoms. The molecule has 4 rings (SSSR count). The van der Waals surface area contributed by atoms with Crippen LogP contribution in [0.4, 0.5) is 0 Å². The average Bonchev–Trinajstić information content (AvgIpc) is 2.82. The molecule has 5 nitrogen and oxygen atoms in total. The Morgan fingerprint density at radius 2 is 2.22 bits per heavy atom. The highest BCUT2D eigenvalue weighted by molar-refractivity contribution is 5.95. The van der Waals surface area contributed by atoms with Gasteiger partial charge in [-0.2, -0.15) is 0 Å². The van der Waals surface area contributed by atoms with E-state index in [1.807, 2.05) is 24.3 Å². The topological polar surface area (TPSA) is 75.4 Å². The molecule has 5 heteroatoms. The number of nitrogens with one attached hydrogen (secondary N) is 1. The normalized spacial score (nSPS) is 32.2. The van der Waals surface area contributed by atoms with E-state index in [-0.39, 0.29) is 23.7 Å². The van der Waals surface area contributed by atoms with E-state index in [9.17, 15) is 9.59 Å². The molecule has 3 atom stereocenters. The number of likely N-dealkylation sites (tertiary alicyclic amines) is 1. The summed E-state index contributed by atoms with van der Waals surface area (Å²) in [5, 5.41) is 2.78. The highest BCUT2D eigenvalue weighted by Crippen LogP contribution is 2.46. The van der Waals surface area contributed by atoms with Gasteiger partial charge >= 0.3 is 0 Å². The number of rotatable bonds is 2. The molecule has 0 spiro atoms. The molecule has 0 aromatic carbocycles. The predicted octanol–water partition coefficient (Wildman–Crippen LogP) is 1.13. The smallest absolute Gasteiger partial charge is 0.247 e. The summed E-state index contributed by atoms with van der Waals surface area (Å²) in [5.74, 6) is -0.380. The number of hydrogen-bond donors (Lipinski definition) is 2. The summed E-state index contributed by atoms with van der Waals surface area (Å²) in [6, 6.07) is -0.452. The van der Waals surface area contributed by atoms with Crippen LogP contribution in [0.3, 0.4) is 0 Å². The standard InChI is InChI=1S/C18H19N3O2/c1-10-5-6-15(17(22)20-10)21-14-4-2-3-12-7-11(9-19)8-13(16(12)14)18(21)23/h2-4,7-8,13,15-16H,1,5-6,9,19H2,(H,20,22). The molecule has 0 saturated carbocycles. The first kappa shape index (κ1) is 14.2. The summed E-state index contributed by atoms with van der Waals surface area (Å²) in [6.07, 6.45) is 11.3. The number of allylic oxidation sites excluding steroid dienone is 5. The lowest BCUT2D eigenvalue weighted by atomic mass is 9.78. The number of amides is 2. The van der Waals surface area contributed by atoms with Crippen molar-refractivity contribution in [3.63, 3.8) is 0 Å². The first-order valence-electron chi connectivity index (χ1n) is 7.92. The molecular weight excluding hydrogens is 290 g/mol. The number of hydrogen-bond acceptors (Lipinski definition) is 3. The molecule has 0 bridgehead atoms. The molecule has 2 fully saturated rings. The molecule has 2 aliphatic carbocycles. The van der Waals surface area contributed by atoms with Crippen LogP contribution in [0.1, 0.15) is 12.8 Å². The Morgan fingerprint density at radius 3 is 2.96 bits per heavy atom. The quantitative estimate of drug-likeness (QED) is 0.803. The Hall–Kier alpha value is -2.40. The second-order valence-electron chi connectivity index (χ2n) is 6.40. The monoisotopic (exact) mass is 309 g/mol. The van der Waals surface area contributed by atoms with Gasteiger partial charge in [0, 0.05) is 23.9 Å². The van der Waals surface area contributed by atoms with Gasteiger partial charge in [0.25, 0.3) is 0 Å². The highest BCUT2D eigenvalue weighted by Gasteiger charge is 2.50. The fourth-order valence-corrected chi connectivity index (χ4v) is 3.95. The van der Waals surface area contributed by atoms with Crippen LogP contribution in [-0.4, -0.2) is 29.3 Å². The number of carbonyl (C=O) groups is 2. The lowest BCUT2D eigenvalue weighted by molar-refractivity contribution is -0.138. The molecule has 3 N–H and O–H groups in total. The van der Waals surface area contributed by atoms with Gasteiger partial charge in [-0.3, -0.25) is 9.59 Å². The predicted molar refractivity (Wildman–Crippen MR) is 86.6 cm³/mol. The van der Waals surface area contributed by atoms with Gasteiger partial charge in [-0.1, -0.05) is 30.9 Å². The van der Waals surface area contributed by atoms with Crippen molar-refractivity contribution in [1.29, 1.82) is 0 Å². The first-order chi connectivity index (χ1) is 11.1. The average molecular weight is 309 g/mol. The lowest BCUT2D eigenvalue weighted by Gasteiger charge is -2.33. The molecule has 2 aliphatic heterocycles. The summed E-state index contributed by atoms with van der Waals surface area (Å²) in [5.41, 5.74) is 9.49. The number of carbonyl (C=O) groups excluding carboxylic acids is 2. The van der Waals surface area contributed by atoms with Crippen LogP contribution in [0, 0.1) is 11.8 Å². The van der Waals surface area contributed by atoms with Crippen LogP contribution >= 0.6 is 0 Å². The molecule has 4 aliphatic rings. The van der Waals surface area contributed by atoms with E-state index in [1.54, 1.807) is 4.90 Å². The van der Waals surface area contributed by atoms with E-state index in [0.29, 0.717) is 19.4 Å². The molecule has 0 aromatic heterocycles. The van der Waals surface area contributed by atoms with Crippen LogP contribution in [0.15, 0.2) is 59.5 Å². The minimum Gasteiger partial charge on any atom is -0.329 e. The summed E-state index contributed by atoms with van der Waals surface area (Å²) in [4.78, 5) is 27.1. The fraction of sp³-hybridized carbons (Fsp3) is 0.333. The van der Waals surface area contributed by atoms with Crippen molar-refractivity contribution in [3.05, 3.63) is 59.5 Å². The zero-order valence-electron chi connectivity index (χ0n) is 12.8. The summed E-state index contributed by atoms with van der Waals surface area (Å²) < 4.78 is 0. The second kappa shape index (κ2) is 5.06. The van der Waals surface area contributed by atoms with Crippen LogP contribution in [0.5, 0.6) is 0 Å². The van der Waals surface area contributed by atoms with Crippen LogP contribution < -0.4 is 11.1 Å². The lowest BCUT2D eigenvalue weighted by Crippen LogP contribution is -2.50. The molecule has 0 radical (unpaired) electrons. The van der Waals surface area contributed by atoms with Crippen molar-refractivity contribution < 1.29 is 9.59 Å². The van der Waals surface area contributed by atoms with Gasteiger partial charge in [0.15, 0.2) is 0 Å². The maximum atomic E-state index is 13.0. The fourth-order valence-electron chi connectivity index (χ4n) is 3.95. The van der Waals surface area contributed by atoms with Gasteiger partial charge in [0.2, 0.25) is 11.8 Å². The Balaban J connectivity index is 1.75. The van der Waals surface area contributed by atoms with E-state index in [2.05, 4.69) is 18.0 Å². The van der Waals surface area contributed by atoms with Gasteiger partial charge in [-0.25, -0.2) is 0 Å². The maximum absolute atomic E-state index is 13.0. The Bertz CT molecular complexity index is 741. The molecule has 2 heterocycles. The molecule has 2 amide bonds. The Morgan fingerprint density at radius 1 is 1.39 bits per heavy atom. The largest absolute Gasteiger partial charge is 0.329 e. The van der Waals surface area contributed by atoms with E-state index < -0.39 is 6.04 Å². The van der Waals surface area contributed by atoms with Crippen LogP contribution in [0.25, 0.3) is 0 Å². The third-order valence-corrected chi connectivity index (χ3v) is 5.01. The summed E-state index contributed by atoms with van der Waals surface area (Å²) in [7, 11) is 0. The van der Waals surface area contributed by atoms with Crippen LogP contribution in [0.2, 0.25) is 0 Å². The highest BCUT2D eigenvalue weighted by atomic mass is 16.2. The first-order valence-corrected chi connectivity index (χ1v) is 7.92. The summed E-state index contributed by atoms with van der Waals surface area (Å²) in [6.45, 7) is 4.22. The zero-order chi connectivity index (χ0) is 16.1. The molecule has 0 aromatic rings. The number of nitrogens with zero attached hydrogens (tertiary/aromatic N) is 1. The van der Waals surface area contributed by atoms with Crippen molar-refractivity contribution in [2.75, 3.05) is 6.54 Å². The van der Waals surface area contributed by atoms with E-state index >= 15 is 0 Å². The Labute approximate surface area is 134 Å². The van der Waals surface area contributed by atoms with Gasteiger partial charge in [0.05, 0.1) is 5.92 Å². The minimum atomic E-state index is -0.452. The minimum absolute atomic E-state index is 0.00541. The van der Waals surface area contributed by atoms with Crippen molar-refractivity contribution in [1.82, 2.24) is 10.2 Å². The number of nitrogens with two attached hydrogens (primary N) is 1. The van der Waals surface area contributed by atoms with Gasteiger partial charge < -0.3 is 16.0 Å². The van der Waals surface area contributed by atoms with E-state index in [0.717, 1.165) is 22.5 Å². The van der Waals surface area contributed by atoms with Crippen molar-refractivity contribution >= 4 is 11.8 Å². The SMILES string of the molecule is C=C1CCC(N2C(=O)C3C=C(CN)C=C4C=CC=C2C43)C(=O)N1. The van der Waals surface area contributed by atoms with Crippen molar-refractivity contribution in [3.8, 4) is 0 Å². The van der Waals surface area contributed by atoms with Gasteiger partial charge in [0.1, 0.15) is 6.04 Å². The second-order valence-corrected chi connectivity index (χ2v) is 6.40. The zero-order valence-corrected chi connectivity index (χ0v) is 12.8. The molecule has 2 saturated heterocycles. The van der Waals surface area contributed by atoms with E-state index in [4.69, 9.17) is 5.73 Å². The third kappa shape index (κ3) is 2.04. The summed E-state index contributed by atoms with van der Waals surface area (Å²) >= 11 is 0.